The number of piperazine rings is 1. The number of nitro benzene ring substituents is 1. The Balaban J connectivity index is 1.31. The van der Waals surface area contributed by atoms with Crippen molar-refractivity contribution in [1.29, 1.82) is 0 Å². The van der Waals surface area contributed by atoms with Crippen molar-refractivity contribution in [1.82, 2.24) is 4.90 Å². The normalized spacial score (nSPS) is 15.6. The van der Waals surface area contributed by atoms with Gasteiger partial charge in [-0.05, 0) is 61.7 Å². The molecule has 0 spiro atoms. The van der Waals surface area contributed by atoms with E-state index in [9.17, 15) is 24.1 Å². The van der Waals surface area contributed by atoms with Gasteiger partial charge in [0.2, 0.25) is 0 Å². The highest BCUT2D eigenvalue weighted by atomic mass is 35.5. The minimum absolute atomic E-state index is 0.0378. The van der Waals surface area contributed by atoms with Crippen molar-refractivity contribution in [3.05, 3.63) is 92.7 Å². The molecule has 208 valence electrons. The smallest absolute Gasteiger partial charge is 0.293 e. The van der Waals surface area contributed by atoms with Crippen LogP contribution in [0, 0.1) is 15.9 Å². The summed E-state index contributed by atoms with van der Waals surface area (Å²) in [5, 5.41) is 15.1. The fourth-order valence-corrected chi connectivity index (χ4v) is 5.42. The van der Waals surface area contributed by atoms with Gasteiger partial charge in [-0.1, -0.05) is 23.7 Å². The summed E-state index contributed by atoms with van der Waals surface area (Å²) >= 11 is 6.25. The topological polar surface area (TPSA) is 99.0 Å². The van der Waals surface area contributed by atoms with Crippen LogP contribution in [-0.2, 0) is 0 Å². The fraction of sp³-hybridized carbons (Fsp3) is 0.310. The van der Waals surface area contributed by atoms with Crippen molar-refractivity contribution in [3.8, 4) is 0 Å². The van der Waals surface area contributed by atoms with E-state index in [-0.39, 0.29) is 22.7 Å². The van der Waals surface area contributed by atoms with Crippen LogP contribution in [0.15, 0.2) is 60.7 Å². The number of amides is 2. The lowest BCUT2D eigenvalue weighted by Crippen LogP contribution is -2.49. The molecule has 2 fully saturated rings. The van der Waals surface area contributed by atoms with E-state index in [2.05, 4.69) is 5.32 Å². The Morgan fingerprint density at radius 2 is 1.52 bits per heavy atom. The predicted octanol–water partition coefficient (Wildman–Crippen LogP) is 5.59. The van der Waals surface area contributed by atoms with Crippen molar-refractivity contribution in [3.63, 3.8) is 0 Å². The molecule has 40 heavy (non-hydrogen) atoms. The number of piperidine rings is 1. The number of nitro groups is 1. The number of rotatable bonds is 6. The van der Waals surface area contributed by atoms with E-state index < -0.39 is 16.6 Å². The zero-order valence-electron chi connectivity index (χ0n) is 21.8. The second-order valence-corrected chi connectivity index (χ2v) is 10.3. The van der Waals surface area contributed by atoms with E-state index >= 15 is 0 Å². The summed E-state index contributed by atoms with van der Waals surface area (Å²) in [6.45, 7) is 3.15. The van der Waals surface area contributed by atoms with Crippen LogP contribution in [0.2, 0.25) is 5.02 Å². The maximum atomic E-state index is 14.1. The molecule has 3 aromatic rings. The fourth-order valence-electron chi connectivity index (χ4n) is 5.25. The molecule has 0 radical (unpaired) electrons. The summed E-state index contributed by atoms with van der Waals surface area (Å²) < 4.78 is 14.1. The molecular formula is C29H29ClFN5O4. The highest BCUT2D eigenvalue weighted by Crippen LogP contribution is 2.33. The van der Waals surface area contributed by atoms with Crippen molar-refractivity contribution in [2.45, 2.75) is 19.3 Å². The third-order valence-electron chi connectivity index (χ3n) is 7.35. The Kier molecular flexibility index (Phi) is 8.16. The first-order valence-corrected chi connectivity index (χ1v) is 13.6. The molecule has 9 nitrogen and oxygen atoms in total. The number of carbonyl (C=O) groups is 2. The maximum absolute atomic E-state index is 14.1. The minimum Gasteiger partial charge on any atom is -0.366 e. The van der Waals surface area contributed by atoms with Crippen molar-refractivity contribution >= 4 is 46.2 Å². The van der Waals surface area contributed by atoms with Gasteiger partial charge in [0.25, 0.3) is 17.5 Å². The first kappa shape index (κ1) is 27.4. The quantitative estimate of drug-likeness (QED) is 0.309. The zero-order chi connectivity index (χ0) is 28.2. The van der Waals surface area contributed by atoms with E-state index in [1.807, 2.05) is 9.80 Å². The van der Waals surface area contributed by atoms with E-state index in [1.165, 1.54) is 18.2 Å². The molecule has 5 rings (SSSR count). The molecule has 2 aliphatic rings. The average molecular weight is 566 g/mol. The van der Waals surface area contributed by atoms with Gasteiger partial charge >= 0.3 is 0 Å². The van der Waals surface area contributed by atoms with E-state index in [0.29, 0.717) is 48.3 Å². The van der Waals surface area contributed by atoms with E-state index in [4.69, 9.17) is 11.6 Å². The molecule has 0 bridgehead atoms. The van der Waals surface area contributed by atoms with Crippen molar-refractivity contribution in [2.24, 2.45) is 0 Å². The zero-order valence-corrected chi connectivity index (χ0v) is 22.6. The number of hydrogen-bond donors (Lipinski definition) is 1. The Bertz CT molecular complexity index is 1440. The van der Waals surface area contributed by atoms with Gasteiger partial charge in [-0.3, -0.25) is 19.7 Å². The summed E-state index contributed by atoms with van der Waals surface area (Å²) in [7, 11) is 0. The molecule has 0 aliphatic carbocycles. The highest BCUT2D eigenvalue weighted by molar-refractivity contribution is 6.31. The van der Waals surface area contributed by atoms with E-state index in [0.717, 1.165) is 32.4 Å². The molecule has 1 N–H and O–H groups in total. The molecular weight excluding hydrogens is 537 g/mol. The van der Waals surface area contributed by atoms with Gasteiger partial charge < -0.3 is 20.0 Å². The molecule has 0 aromatic heterocycles. The molecule has 2 heterocycles. The van der Waals surface area contributed by atoms with Gasteiger partial charge in [0.05, 0.1) is 21.9 Å². The van der Waals surface area contributed by atoms with Crippen LogP contribution < -0.4 is 15.1 Å². The molecule has 0 unspecified atom stereocenters. The Morgan fingerprint density at radius 1 is 0.850 bits per heavy atom. The molecule has 0 saturated carbocycles. The molecule has 11 heteroatoms. The molecule has 0 atom stereocenters. The molecule has 2 saturated heterocycles. The van der Waals surface area contributed by atoms with Gasteiger partial charge in [-0.15, -0.1) is 0 Å². The van der Waals surface area contributed by atoms with Gasteiger partial charge in [0.15, 0.2) is 0 Å². The van der Waals surface area contributed by atoms with E-state index in [1.54, 1.807) is 47.4 Å². The maximum Gasteiger partial charge on any atom is 0.293 e. The van der Waals surface area contributed by atoms with Gasteiger partial charge in [0, 0.05) is 55.9 Å². The monoisotopic (exact) mass is 565 g/mol. The first-order chi connectivity index (χ1) is 19.3. The standard InChI is InChI=1S/C29H29ClFN5O4/c30-21-9-11-25(34-14-16-35(17-15-34)29(38)22-6-2-3-7-23(22)31)24(19-21)32-28(37)20-8-10-26(27(18-20)36(39)40)33-12-4-1-5-13-33/h2-3,6-11,18-19H,1,4-5,12-17H2,(H,32,37). The minimum atomic E-state index is -0.554. The van der Waals surface area contributed by atoms with Crippen LogP contribution >= 0.6 is 11.6 Å². The second kappa shape index (κ2) is 11.9. The number of anilines is 3. The third kappa shape index (κ3) is 5.86. The summed E-state index contributed by atoms with van der Waals surface area (Å²) in [5.74, 6) is -1.41. The number of hydrogen-bond acceptors (Lipinski definition) is 6. The lowest BCUT2D eigenvalue weighted by Gasteiger charge is -2.37. The number of halogens is 2. The van der Waals surface area contributed by atoms with Crippen LogP contribution in [0.4, 0.5) is 27.1 Å². The SMILES string of the molecule is O=C(Nc1cc(Cl)ccc1N1CCN(C(=O)c2ccccc2F)CC1)c1ccc(N2CCCCC2)c([N+](=O)[O-])c1. The molecule has 2 aliphatic heterocycles. The summed E-state index contributed by atoms with van der Waals surface area (Å²) in [5.41, 5.74) is 1.78. The summed E-state index contributed by atoms with van der Waals surface area (Å²) in [6, 6.07) is 15.6. The number of nitrogens with zero attached hydrogens (tertiary/aromatic N) is 4. The van der Waals surface area contributed by atoms with Crippen LogP contribution in [0.25, 0.3) is 0 Å². The average Bonchev–Trinajstić information content (AvgIpc) is 2.97. The number of carbonyl (C=O) groups excluding carboxylic acids is 2. The number of benzene rings is 3. The summed E-state index contributed by atoms with van der Waals surface area (Å²) in [6.07, 6.45) is 3.05. The van der Waals surface area contributed by atoms with Crippen LogP contribution in [0.5, 0.6) is 0 Å². The lowest BCUT2D eigenvalue weighted by molar-refractivity contribution is -0.384. The lowest BCUT2D eigenvalue weighted by atomic mass is 10.1. The van der Waals surface area contributed by atoms with Crippen molar-refractivity contribution in [2.75, 3.05) is 54.4 Å². The van der Waals surface area contributed by atoms with Crippen LogP contribution in [0.3, 0.4) is 0 Å². The first-order valence-electron chi connectivity index (χ1n) is 13.2. The third-order valence-corrected chi connectivity index (χ3v) is 7.58. The largest absolute Gasteiger partial charge is 0.366 e. The number of nitrogens with one attached hydrogen (secondary N) is 1. The second-order valence-electron chi connectivity index (χ2n) is 9.88. The summed E-state index contributed by atoms with van der Waals surface area (Å²) in [4.78, 5) is 43.1. The Morgan fingerprint density at radius 3 is 2.23 bits per heavy atom. The van der Waals surface area contributed by atoms with Gasteiger partial charge in [-0.25, -0.2) is 4.39 Å². The predicted molar refractivity (Wildman–Crippen MR) is 153 cm³/mol. The molecule has 2 amide bonds. The van der Waals surface area contributed by atoms with Gasteiger partial charge in [0.1, 0.15) is 11.5 Å². The van der Waals surface area contributed by atoms with Gasteiger partial charge in [-0.2, -0.15) is 0 Å². The van der Waals surface area contributed by atoms with Crippen LogP contribution in [-0.4, -0.2) is 60.9 Å². The Labute approximate surface area is 236 Å². The van der Waals surface area contributed by atoms with Crippen molar-refractivity contribution < 1.29 is 18.9 Å². The van der Waals surface area contributed by atoms with Crippen LogP contribution in [0.1, 0.15) is 40.0 Å². The Hall–Kier alpha value is -4.18. The molecule has 3 aromatic carbocycles. The highest BCUT2D eigenvalue weighted by Gasteiger charge is 2.27.